The number of carbonyl (C=O) groups is 2. The van der Waals surface area contributed by atoms with E-state index in [2.05, 4.69) is 20.5 Å². The highest BCUT2D eigenvalue weighted by atomic mass is 19.1. The number of nitrogens with two attached hydrogens (primary N) is 1. The zero-order valence-corrected chi connectivity index (χ0v) is 29.0. The fraction of sp³-hybridized carbons (Fsp3) is 0.576. The molecule has 2 aliphatic heterocycles. The van der Waals surface area contributed by atoms with Gasteiger partial charge in [0.05, 0.1) is 44.0 Å². The third-order valence-electron chi connectivity index (χ3n) is 7.00. The number of aliphatic hydroxyl groups excluding tert-OH is 1. The minimum atomic E-state index is -0.514. The summed E-state index contributed by atoms with van der Waals surface area (Å²) in [6.45, 7) is 13.9. The smallest absolute Gasteiger partial charge is 0.414 e. The maximum Gasteiger partial charge on any atom is 0.414 e. The van der Waals surface area contributed by atoms with E-state index in [-0.39, 0.29) is 24.6 Å². The van der Waals surface area contributed by atoms with Crippen molar-refractivity contribution in [2.45, 2.75) is 60.5 Å². The molecular weight excluding hydrogens is 609 g/mol. The Kier molecular flexibility index (Phi) is 19.4. The van der Waals surface area contributed by atoms with Crippen LogP contribution >= 0.6 is 0 Å². The van der Waals surface area contributed by atoms with Crippen molar-refractivity contribution in [2.75, 3.05) is 58.5 Å². The topological polar surface area (TPSA) is 165 Å². The van der Waals surface area contributed by atoms with Crippen LogP contribution in [0.3, 0.4) is 0 Å². The first-order chi connectivity index (χ1) is 22.6. The third kappa shape index (κ3) is 12.9. The number of pyridine rings is 1. The molecule has 3 N–H and O–H groups in total. The number of anilines is 1. The van der Waals surface area contributed by atoms with Gasteiger partial charge >= 0.3 is 12.1 Å². The average Bonchev–Trinajstić information content (AvgIpc) is 3.73. The summed E-state index contributed by atoms with van der Waals surface area (Å²) in [5.74, 6) is -0.421. The molecule has 1 saturated heterocycles. The van der Waals surface area contributed by atoms with Gasteiger partial charge in [0.2, 0.25) is 0 Å². The Hall–Kier alpha value is -4.17. The summed E-state index contributed by atoms with van der Waals surface area (Å²) in [5, 5.41) is 20.6. The van der Waals surface area contributed by atoms with Gasteiger partial charge in [0.15, 0.2) is 0 Å². The standard InChI is InChI=1S/C20H21FN6O3.C9H19NO2.C2H6O.C2H6/c1-22-25-26(2)11-15-12-27(20(28)30-15)14-4-5-16(17(21)9-14)13-3-6-18(23-10-13)19-7-8-29-24-19;1-4-7(3)8(6-10)9(11)12-5-2;1-2-3;1-2/h3-6,9-10,15H,7-8,11-12H2,1-2H3;7-8H,4-6,10H2,1-3H3;3H,2H2,1H3;1-2H3/t;7-,8?;;/m.0../s1. The lowest BCUT2D eigenvalue weighted by molar-refractivity contribution is -0.149. The molecule has 0 bridgehead atoms. The van der Waals surface area contributed by atoms with E-state index in [4.69, 9.17) is 25.2 Å². The maximum absolute atomic E-state index is 14.8. The summed E-state index contributed by atoms with van der Waals surface area (Å²) in [4.78, 5) is 34.3. The van der Waals surface area contributed by atoms with Gasteiger partial charge in [0.1, 0.15) is 24.2 Å². The van der Waals surface area contributed by atoms with E-state index < -0.39 is 11.9 Å². The molecule has 3 atom stereocenters. The molecule has 1 aromatic heterocycles. The summed E-state index contributed by atoms with van der Waals surface area (Å²) in [5.41, 5.74) is 8.45. The highest BCUT2D eigenvalue weighted by Gasteiger charge is 2.33. The second-order valence-corrected chi connectivity index (χ2v) is 10.3. The molecule has 4 rings (SSSR count). The molecular formula is C33H52FN7O6. The number of hydrogen-bond acceptors (Lipinski definition) is 11. The number of carbonyl (C=O) groups excluding carboxylic acids is 2. The largest absolute Gasteiger partial charge is 0.466 e. The number of esters is 1. The van der Waals surface area contributed by atoms with E-state index >= 15 is 0 Å². The second kappa shape index (κ2) is 22.4. The first kappa shape index (κ1) is 40.9. The lowest BCUT2D eigenvalue weighted by Gasteiger charge is -2.18. The first-order valence-corrected chi connectivity index (χ1v) is 16.0. The summed E-state index contributed by atoms with van der Waals surface area (Å²) in [7, 11) is 3.30. The number of likely N-dealkylation sites (N-methyl/N-ethyl adjacent to an activating group) is 1. The molecule has 1 fully saturated rings. The van der Waals surface area contributed by atoms with Gasteiger partial charge in [0, 0.05) is 43.9 Å². The Bertz CT molecular complexity index is 1280. The molecule has 1 aromatic carbocycles. The van der Waals surface area contributed by atoms with Crippen molar-refractivity contribution >= 4 is 23.5 Å². The van der Waals surface area contributed by atoms with Crippen LogP contribution < -0.4 is 10.6 Å². The van der Waals surface area contributed by atoms with Crippen LogP contribution in [0.2, 0.25) is 0 Å². The molecule has 0 spiro atoms. The SMILES string of the molecule is CC.CCO.CCOC(=O)C(CN)[C@@H](C)CC.CN=NN(C)CC1CN(c2ccc(-c3ccc(C4=NOCC4)nc3)c(F)c2)C(=O)O1. The predicted molar refractivity (Wildman–Crippen MR) is 181 cm³/mol. The minimum Gasteiger partial charge on any atom is -0.466 e. The van der Waals surface area contributed by atoms with E-state index in [1.165, 1.54) is 11.0 Å². The van der Waals surface area contributed by atoms with Gasteiger partial charge in [-0.1, -0.05) is 50.6 Å². The quantitative estimate of drug-likeness (QED) is 0.181. The van der Waals surface area contributed by atoms with Gasteiger partial charge in [-0.25, -0.2) is 9.18 Å². The third-order valence-corrected chi connectivity index (χ3v) is 7.00. The van der Waals surface area contributed by atoms with Crippen molar-refractivity contribution in [1.29, 1.82) is 0 Å². The van der Waals surface area contributed by atoms with E-state index in [1.807, 2.05) is 34.6 Å². The van der Waals surface area contributed by atoms with Crippen molar-refractivity contribution in [2.24, 2.45) is 33.1 Å². The molecule has 14 heteroatoms. The molecule has 262 valence electrons. The highest BCUT2D eigenvalue weighted by molar-refractivity contribution is 5.99. The molecule has 0 saturated carbocycles. The zero-order valence-electron chi connectivity index (χ0n) is 29.0. The van der Waals surface area contributed by atoms with Crippen LogP contribution in [0.5, 0.6) is 0 Å². The van der Waals surface area contributed by atoms with Crippen LogP contribution in [-0.4, -0.2) is 92.5 Å². The molecule has 2 unspecified atom stereocenters. The molecule has 13 nitrogen and oxygen atoms in total. The number of halogens is 1. The predicted octanol–water partition coefficient (Wildman–Crippen LogP) is 5.46. The fourth-order valence-corrected chi connectivity index (χ4v) is 4.52. The van der Waals surface area contributed by atoms with Crippen molar-refractivity contribution in [3.05, 3.63) is 48.0 Å². The summed E-state index contributed by atoms with van der Waals surface area (Å²) in [6, 6.07) is 8.25. The number of nitrogens with zero attached hydrogens (tertiary/aromatic N) is 6. The summed E-state index contributed by atoms with van der Waals surface area (Å²) in [6.07, 6.45) is 2.38. The number of rotatable bonds is 11. The van der Waals surface area contributed by atoms with Gasteiger partial charge in [-0.2, -0.15) is 5.11 Å². The van der Waals surface area contributed by atoms with Crippen LogP contribution in [0.15, 0.2) is 52.0 Å². The van der Waals surface area contributed by atoms with Gasteiger partial charge in [0.25, 0.3) is 0 Å². The average molecular weight is 662 g/mol. The normalized spacial score (nSPS) is 16.2. The number of aliphatic hydroxyl groups is 1. The number of amides is 1. The van der Waals surface area contributed by atoms with Crippen molar-refractivity contribution < 1.29 is 33.4 Å². The van der Waals surface area contributed by atoms with E-state index in [0.29, 0.717) is 67.7 Å². The summed E-state index contributed by atoms with van der Waals surface area (Å²) < 4.78 is 25.1. The Labute approximate surface area is 277 Å². The minimum absolute atomic E-state index is 0.130. The lowest BCUT2D eigenvalue weighted by atomic mass is 9.92. The van der Waals surface area contributed by atoms with E-state index in [9.17, 15) is 14.0 Å². The van der Waals surface area contributed by atoms with Crippen LogP contribution in [0.25, 0.3) is 11.1 Å². The fourth-order valence-electron chi connectivity index (χ4n) is 4.52. The lowest BCUT2D eigenvalue weighted by Crippen LogP contribution is -2.30. The van der Waals surface area contributed by atoms with Crippen LogP contribution in [0, 0.1) is 17.7 Å². The maximum atomic E-state index is 14.8. The van der Waals surface area contributed by atoms with E-state index in [0.717, 1.165) is 12.1 Å². The number of ether oxygens (including phenoxy) is 2. The molecule has 3 heterocycles. The zero-order chi connectivity index (χ0) is 35.4. The van der Waals surface area contributed by atoms with Gasteiger partial charge in [-0.3, -0.25) is 19.7 Å². The molecule has 2 aliphatic rings. The Balaban J connectivity index is 0.000000546. The molecule has 0 radical (unpaired) electrons. The molecule has 0 aliphatic carbocycles. The van der Waals surface area contributed by atoms with Gasteiger partial charge < -0.3 is 25.2 Å². The number of aromatic nitrogens is 1. The van der Waals surface area contributed by atoms with Crippen LogP contribution in [-0.2, 0) is 19.1 Å². The van der Waals surface area contributed by atoms with Gasteiger partial charge in [-0.15, -0.1) is 0 Å². The number of cyclic esters (lactones) is 1. The number of hydrogen-bond donors (Lipinski definition) is 2. The Morgan fingerprint density at radius 3 is 2.47 bits per heavy atom. The van der Waals surface area contributed by atoms with Crippen LogP contribution in [0.1, 0.15) is 60.1 Å². The highest BCUT2D eigenvalue weighted by Crippen LogP contribution is 2.29. The van der Waals surface area contributed by atoms with Crippen molar-refractivity contribution in [3.63, 3.8) is 0 Å². The Morgan fingerprint density at radius 2 is 1.96 bits per heavy atom. The summed E-state index contributed by atoms with van der Waals surface area (Å²) >= 11 is 0. The second-order valence-electron chi connectivity index (χ2n) is 10.3. The van der Waals surface area contributed by atoms with Crippen molar-refractivity contribution in [1.82, 2.24) is 9.99 Å². The molecule has 47 heavy (non-hydrogen) atoms. The first-order valence-electron chi connectivity index (χ1n) is 16.0. The van der Waals surface area contributed by atoms with Gasteiger partial charge in [-0.05, 0) is 44.0 Å². The molecule has 2 aromatic rings. The number of benzene rings is 1. The number of oxime groups is 1. The van der Waals surface area contributed by atoms with Crippen molar-refractivity contribution in [3.8, 4) is 11.1 Å². The van der Waals surface area contributed by atoms with E-state index in [1.54, 1.807) is 56.5 Å². The monoisotopic (exact) mass is 661 g/mol. The van der Waals surface area contributed by atoms with Crippen LogP contribution in [0.4, 0.5) is 14.9 Å². The molecule has 1 amide bonds. The Morgan fingerprint density at radius 1 is 1.26 bits per heavy atom.